The van der Waals surface area contributed by atoms with Crippen LogP contribution in [0.3, 0.4) is 0 Å². The van der Waals surface area contributed by atoms with Crippen molar-refractivity contribution >= 4 is 45.6 Å². The first-order valence-corrected chi connectivity index (χ1v) is 14.1. The quantitative estimate of drug-likeness (QED) is 0.339. The van der Waals surface area contributed by atoms with Crippen molar-refractivity contribution in [1.82, 2.24) is 19.4 Å². The minimum atomic E-state index is -0.627. The van der Waals surface area contributed by atoms with Gasteiger partial charge in [-0.15, -0.1) is 11.3 Å². The minimum Gasteiger partial charge on any atom is -0.447 e. The standard InChI is InChI=1S/C28H28ClN5O4S/c1-15(35)25-12-30-26(39-25)21-10-24-22(11-23(21)32-19-7-8-33-20(9-19)14-38-28(33)37)27(36)34(16(2)31-24)13-17-3-5-18(29)6-4-17/h3-6,10-12,15,19-20,32,35H,7-9,13-14H2,1-2H3/t15?,19-,20-/m0/s1. The van der Waals surface area contributed by atoms with Crippen molar-refractivity contribution in [2.24, 2.45) is 0 Å². The molecule has 0 spiro atoms. The molecule has 3 atom stereocenters. The van der Waals surface area contributed by atoms with Gasteiger partial charge >= 0.3 is 6.09 Å². The van der Waals surface area contributed by atoms with Crippen LogP contribution in [0.2, 0.25) is 5.02 Å². The molecule has 2 aromatic carbocycles. The Kier molecular flexibility index (Phi) is 6.78. The Bertz CT molecular complexity index is 1620. The van der Waals surface area contributed by atoms with Crippen LogP contribution in [0.1, 0.15) is 42.1 Å². The number of cyclic esters (lactones) is 1. The molecule has 2 N–H and O–H groups in total. The SMILES string of the molecule is Cc1nc2cc(-c3ncc(C(C)O)s3)c(N[C@H]3CCN4C(=O)OC[C@@H]4C3)cc2c(=O)n1Cc1ccc(Cl)cc1. The lowest BCUT2D eigenvalue weighted by molar-refractivity contribution is 0.153. The third-order valence-electron chi connectivity index (χ3n) is 7.41. The minimum absolute atomic E-state index is 0.0373. The number of hydrogen-bond donors (Lipinski definition) is 2. The van der Waals surface area contributed by atoms with Gasteiger partial charge in [0.25, 0.3) is 5.56 Å². The number of aliphatic hydroxyl groups is 1. The number of halogens is 1. The number of rotatable bonds is 6. The van der Waals surface area contributed by atoms with Gasteiger partial charge in [0, 0.05) is 35.1 Å². The van der Waals surface area contributed by atoms with Gasteiger partial charge in [-0.25, -0.2) is 14.8 Å². The number of nitrogens with zero attached hydrogens (tertiary/aromatic N) is 4. The van der Waals surface area contributed by atoms with Crippen LogP contribution in [0.15, 0.2) is 47.4 Å². The summed E-state index contributed by atoms with van der Waals surface area (Å²) in [6.45, 7) is 4.93. The zero-order valence-electron chi connectivity index (χ0n) is 21.6. The van der Waals surface area contributed by atoms with E-state index >= 15 is 0 Å². The van der Waals surface area contributed by atoms with E-state index in [2.05, 4.69) is 10.3 Å². The van der Waals surface area contributed by atoms with E-state index in [1.165, 1.54) is 11.3 Å². The highest BCUT2D eigenvalue weighted by Crippen LogP contribution is 2.37. The number of anilines is 1. The van der Waals surface area contributed by atoms with Crippen molar-refractivity contribution in [3.05, 3.63) is 74.2 Å². The summed E-state index contributed by atoms with van der Waals surface area (Å²) < 4.78 is 6.91. The molecule has 202 valence electrons. The fraction of sp³-hybridized carbons (Fsp3) is 0.357. The molecule has 4 aromatic rings. The fourth-order valence-electron chi connectivity index (χ4n) is 5.29. The molecular weight excluding hydrogens is 538 g/mol. The molecule has 4 heterocycles. The van der Waals surface area contributed by atoms with E-state index in [4.69, 9.17) is 21.3 Å². The van der Waals surface area contributed by atoms with Gasteiger partial charge in [-0.2, -0.15) is 0 Å². The number of aryl methyl sites for hydroxylation is 1. The van der Waals surface area contributed by atoms with Crippen LogP contribution >= 0.6 is 22.9 Å². The Morgan fingerprint density at radius 2 is 2.05 bits per heavy atom. The number of amides is 1. The summed E-state index contributed by atoms with van der Waals surface area (Å²) in [7, 11) is 0. The Hall–Kier alpha value is -3.47. The number of ether oxygens (including phenoxy) is 1. The molecule has 1 unspecified atom stereocenters. The van der Waals surface area contributed by atoms with E-state index in [0.29, 0.717) is 41.4 Å². The van der Waals surface area contributed by atoms with Crippen molar-refractivity contribution in [3.8, 4) is 10.6 Å². The molecule has 2 saturated heterocycles. The predicted molar refractivity (Wildman–Crippen MR) is 152 cm³/mol. The van der Waals surface area contributed by atoms with Crippen molar-refractivity contribution in [1.29, 1.82) is 0 Å². The molecule has 0 aliphatic carbocycles. The molecule has 0 saturated carbocycles. The molecule has 2 aromatic heterocycles. The third kappa shape index (κ3) is 4.99. The van der Waals surface area contributed by atoms with E-state index < -0.39 is 6.10 Å². The van der Waals surface area contributed by atoms with Gasteiger partial charge in [-0.3, -0.25) is 9.36 Å². The van der Waals surface area contributed by atoms with Gasteiger partial charge in [-0.1, -0.05) is 23.7 Å². The van der Waals surface area contributed by atoms with Gasteiger partial charge in [-0.05, 0) is 56.5 Å². The van der Waals surface area contributed by atoms with E-state index in [1.54, 1.807) is 22.6 Å². The molecule has 11 heteroatoms. The van der Waals surface area contributed by atoms with Crippen LogP contribution in [-0.4, -0.2) is 55.9 Å². The second kappa shape index (κ2) is 10.3. The van der Waals surface area contributed by atoms with Crippen LogP contribution in [-0.2, 0) is 11.3 Å². The zero-order valence-corrected chi connectivity index (χ0v) is 23.1. The molecule has 2 aliphatic heterocycles. The van der Waals surface area contributed by atoms with Crippen LogP contribution in [0.25, 0.3) is 21.5 Å². The normalized spacial score (nSPS) is 19.7. The monoisotopic (exact) mass is 565 g/mol. The summed E-state index contributed by atoms with van der Waals surface area (Å²) in [6, 6.07) is 11.3. The number of nitrogens with one attached hydrogen (secondary N) is 1. The van der Waals surface area contributed by atoms with Crippen LogP contribution in [0.5, 0.6) is 0 Å². The van der Waals surface area contributed by atoms with Crippen molar-refractivity contribution in [2.75, 3.05) is 18.5 Å². The number of benzene rings is 2. The summed E-state index contributed by atoms with van der Waals surface area (Å²) in [4.78, 5) is 37.6. The van der Waals surface area contributed by atoms with Crippen LogP contribution in [0, 0.1) is 6.92 Å². The van der Waals surface area contributed by atoms with Crippen molar-refractivity contribution in [3.63, 3.8) is 0 Å². The van der Waals surface area contributed by atoms with Gasteiger partial charge in [0.05, 0.1) is 34.5 Å². The highest BCUT2D eigenvalue weighted by atomic mass is 35.5. The Labute approximate surface area is 234 Å². The second-order valence-electron chi connectivity index (χ2n) is 10.1. The maximum atomic E-state index is 13.8. The summed E-state index contributed by atoms with van der Waals surface area (Å²) in [5.41, 5.74) is 3.01. The van der Waals surface area contributed by atoms with E-state index in [-0.39, 0.29) is 23.7 Å². The second-order valence-corrected chi connectivity index (χ2v) is 11.6. The highest BCUT2D eigenvalue weighted by Gasteiger charge is 2.38. The molecule has 6 rings (SSSR count). The molecule has 9 nitrogen and oxygen atoms in total. The number of hydrogen-bond acceptors (Lipinski definition) is 8. The summed E-state index contributed by atoms with van der Waals surface area (Å²) in [6.07, 6.45) is 2.31. The largest absolute Gasteiger partial charge is 0.447 e. The lowest BCUT2D eigenvalue weighted by Crippen LogP contribution is -2.45. The number of thiazole rings is 1. The predicted octanol–water partition coefficient (Wildman–Crippen LogP) is 4.98. The number of fused-ring (bicyclic) bond motifs is 2. The maximum Gasteiger partial charge on any atom is 0.410 e. The average molecular weight is 566 g/mol. The van der Waals surface area contributed by atoms with Gasteiger partial charge in [0.2, 0.25) is 0 Å². The van der Waals surface area contributed by atoms with E-state index in [1.807, 2.05) is 43.3 Å². The fourth-order valence-corrected chi connectivity index (χ4v) is 6.30. The summed E-state index contributed by atoms with van der Waals surface area (Å²) in [5.74, 6) is 0.608. The Balaban J connectivity index is 1.41. The molecule has 0 bridgehead atoms. The maximum absolute atomic E-state index is 13.8. The van der Waals surface area contributed by atoms with Gasteiger partial charge < -0.3 is 20.1 Å². The molecular formula is C28H28ClN5O4S. The number of piperidine rings is 1. The molecule has 2 aliphatic rings. The van der Waals surface area contributed by atoms with Crippen molar-refractivity contribution < 1.29 is 14.6 Å². The van der Waals surface area contributed by atoms with Gasteiger partial charge in [0.1, 0.15) is 17.4 Å². The molecule has 1 amide bonds. The topological polar surface area (TPSA) is 110 Å². The first-order chi connectivity index (χ1) is 18.8. The average Bonchev–Trinajstić information content (AvgIpc) is 3.55. The van der Waals surface area contributed by atoms with Gasteiger partial charge in [0.15, 0.2) is 0 Å². The van der Waals surface area contributed by atoms with E-state index in [9.17, 15) is 14.7 Å². The zero-order chi connectivity index (χ0) is 27.3. The number of carbonyl (C=O) groups is 1. The summed E-state index contributed by atoms with van der Waals surface area (Å²) >= 11 is 7.45. The lowest BCUT2D eigenvalue weighted by atomic mass is 9.97. The highest BCUT2D eigenvalue weighted by molar-refractivity contribution is 7.15. The molecule has 0 radical (unpaired) electrons. The molecule has 2 fully saturated rings. The first kappa shape index (κ1) is 25.8. The number of aromatic nitrogens is 3. The van der Waals surface area contributed by atoms with Crippen LogP contribution in [0.4, 0.5) is 10.5 Å². The summed E-state index contributed by atoms with van der Waals surface area (Å²) in [5, 5.41) is 15.6. The Morgan fingerprint density at radius 1 is 1.26 bits per heavy atom. The van der Waals surface area contributed by atoms with Crippen molar-refractivity contribution in [2.45, 2.75) is 51.4 Å². The number of carbonyl (C=O) groups excluding carboxylic acids is 1. The Morgan fingerprint density at radius 3 is 2.79 bits per heavy atom. The smallest absolute Gasteiger partial charge is 0.410 e. The molecule has 39 heavy (non-hydrogen) atoms. The van der Waals surface area contributed by atoms with Crippen LogP contribution < -0.4 is 10.9 Å². The number of aliphatic hydroxyl groups excluding tert-OH is 1. The first-order valence-electron chi connectivity index (χ1n) is 12.9. The third-order valence-corrected chi connectivity index (χ3v) is 8.87. The van der Waals surface area contributed by atoms with E-state index in [0.717, 1.165) is 39.5 Å². The lowest BCUT2D eigenvalue weighted by Gasteiger charge is -2.33.